The molecule has 1 aromatic carbocycles. The van der Waals surface area contributed by atoms with Crippen molar-refractivity contribution in [1.82, 2.24) is 5.32 Å². The van der Waals surface area contributed by atoms with Crippen LogP contribution in [-0.4, -0.2) is 40.8 Å². The standard InChI is InChI=1S/C14H17NO3S2/c1-19-7-6-11(14(17)18)15-13(16)10-8-20-12-5-3-2-4-9(10)12/h2-5,10-11H,6-8H2,1H3,(H,15,16)(H,17,18). The van der Waals surface area contributed by atoms with E-state index < -0.39 is 12.0 Å². The first kappa shape index (κ1) is 15.3. The van der Waals surface area contributed by atoms with E-state index in [1.807, 2.05) is 30.5 Å². The predicted octanol–water partition coefficient (Wildman–Crippen LogP) is 2.20. The molecule has 1 aliphatic heterocycles. The molecule has 4 nitrogen and oxygen atoms in total. The van der Waals surface area contributed by atoms with Crippen LogP contribution < -0.4 is 5.32 Å². The zero-order valence-electron chi connectivity index (χ0n) is 11.2. The summed E-state index contributed by atoms with van der Waals surface area (Å²) in [5.41, 5.74) is 1.00. The van der Waals surface area contributed by atoms with E-state index in [0.717, 1.165) is 10.5 Å². The maximum Gasteiger partial charge on any atom is 0.326 e. The molecule has 2 N–H and O–H groups in total. The molecule has 0 bridgehead atoms. The first-order valence-corrected chi connectivity index (χ1v) is 8.75. The van der Waals surface area contributed by atoms with E-state index in [2.05, 4.69) is 5.32 Å². The molecule has 1 aliphatic rings. The van der Waals surface area contributed by atoms with Crippen LogP contribution in [0.5, 0.6) is 0 Å². The molecule has 0 radical (unpaired) electrons. The van der Waals surface area contributed by atoms with Crippen LogP contribution in [0.1, 0.15) is 17.9 Å². The van der Waals surface area contributed by atoms with Gasteiger partial charge in [-0.2, -0.15) is 11.8 Å². The monoisotopic (exact) mass is 311 g/mol. The molecule has 1 amide bonds. The van der Waals surface area contributed by atoms with Gasteiger partial charge in [-0.15, -0.1) is 11.8 Å². The number of benzene rings is 1. The highest BCUT2D eigenvalue weighted by Crippen LogP contribution is 2.39. The van der Waals surface area contributed by atoms with Gasteiger partial charge in [-0.3, -0.25) is 4.79 Å². The summed E-state index contributed by atoms with van der Waals surface area (Å²) in [7, 11) is 0. The van der Waals surface area contributed by atoms with Crippen LogP contribution in [0, 0.1) is 0 Å². The number of carboxylic acid groups (broad SMARTS) is 1. The molecule has 6 heteroatoms. The van der Waals surface area contributed by atoms with Crippen LogP contribution in [0.2, 0.25) is 0 Å². The van der Waals surface area contributed by atoms with Gasteiger partial charge in [-0.25, -0.2) is 4.79 Å². The second kappa shape index (κ2) is 7.04. The number of aliphatic carboxylic acids is 1. The number of hydrogen-bond acceptors (Lipinski definition) is 4. The van der Waals surface area contributed by atoms with E-state index in [9.17, 15) is 9.59 Å². The molecule has 1 heterocycles. The molecule has 2 unspecified atom stereocenters. The van der Waals surface area contributed by atoms with Gasteiger partial charge in [0.25, 0.3) is 0 Å². The molecule has 2 atom stereocenters. The Kier molecular flexibility index (Phi) is 5.37. The zero-order chi connectivity index (χ0) is 14.5. The van der Waals surface area contributed by atoms with Gasteiger partial charge in [0, 0.05) is 10.6 Å². The summed E-state index contributed by atoms with van der Waals surface area (Å²) in [5.74, 6) is 0.00226. The summed E-state index contributed by atoms with van der Waals surface area (Å²) < 4.78 is 0. The Morgan fingerprint density at radius 3 is 2.95 bits per heavy atom. The first-order chi connectivity index (χ1) is 9.63. The van der Waals surface area contributed by atoms with Gasteiger partial charge >= 0.3 is 5.97 Å². The number of rotatable bonds is 6. The minimum atomic E-state index is -0.966. The summed E-state index contributed by atoms with van der Waals surface area (Å²) in [6.45, 7) is 0. The molecule has 0 saturated carbocycles. The van der Waals surface area contributed by atoms with Crippen molar-refractivity contribution < 1.29 is 14.7 Å². The number of thioether (sulfide) groups is 2. The van der Waals surface area contributed by atoms with Crippen molar-refractivity contribution >= 4 is 35.4 Å². The average Bonchev–Trinajstić information content (AvgIpc) is 2.87. The molecule has 0 fully saturated rings. The van der Waals surface area contributed by atoms with Gasteiger partial charge in [-0.1, -0.05) is 18.2 Å². The van der Waals surface area contributed by atoms with Crippen molar-refractivity contribution in [1.29, 1.82) is 0 Å². The molecular formula is C14H17NO3S2. The molecule has 2 rings (SSSR count). The Hall–Kier alpha value is -1.14. The lowest BCUT2D eigenvalue weighted by Crippen LogP contribution is -2.43. The van der Waals surface area contributed by atoms with Gasteiger partial charge in [-0.05, 0) is 30.1 Å². The fraction of sp³-hybridized carbons (Fsp3) is 0.429. The predicted molar refractivity (Wildman–Crippen MR) is 82.5 cm³/mol. The third-order valence-electron chi connectivity index (χ3n) is 3.24. The van der Waals surface area contributed by atoms with E-state index >= 15 is 0 Å². The number of amides is 1. The molecule has 108 valence electrons. The molecule has 0 spiro atoms. The Bertz CT molecular complexity index is 507. The lowest BCUT2D eigenvalue weighted by Gasteiger charge is -2.17. The molecule has 0 saturated heterocycles. The van der Waals surface area contributed by atoms with Gasteiger partial charge in [0.05, 0.1) is 5.92 Å². The highest BCUT2D eigenvalue weighted by Gasteiger charge is 2.31. The minimum absolute atomic E-state index is 0.184. The molecular weight excluding hydrogens is 294 g/mol. The summed E-state index contributed by atoms with van der Waals surface area (Å²) >= 11 is 3.22. The minimum Gasteiger partial charge on any atom is -0.480 e. The van der Waals surface area contributed by atoms with Gasteiger partial charge in [0.2, 0.25) is 5.91 Å². The summed E-state index contributed by atoms with van der Waals surface area (Å²) in [6.07, 6.45) is 2.37. The maximum absolute atomic E-state index is 12.3. The SMILES string of the molecule is CSCCC(NC(=O)C1CSc2ccccc21)C(=O)O. The van der Waals surface area contributed by atoms with Gasteiger partial charge < -0.3 is 10.4 Å². The summed E-state index contributed by atoms with van der Waals surface area (Å²) in [4.78, 5) is 24.6. The molecule has 0 aromatic heterocycles. The van der Waals surface area contributed by atoms with Crippen LogP contribution in [0.3, 0.4) is 0 Å². The van der Waals surface area contributed by atoms with Gasteiger partial charge in [0.15, 0.2) is 0 Å². The number of carbonyl (C=O) groups is 2. The zero-order valence-corrected chi connectivity index (χ0v) is 12.8. The number of fused-ring (bicyclic) bond motifs is 1. The third kappa shape index (κ3) is 3.49. The fourth-order valence-electron chi connectivity index (χ4n) is 2.15. The second-order valence-electron chi connectivity index (χ2n) is 4.58. The van der Waals surface area contributed by atoms with E-state index in [1.165, 1.54) is 0 Å². The Morgan fingerprint density at radius 2 is 2.25 bits per heavy atom. The van der Waals surface area contributed by atoms with Crippen molar-refractivity contribution in [3.8, 4) is 0 Å². The van der Waals surface area contributed by atoms with E-state index in [1.54, 1.807) is 23.5 Å². The Morgan fingerprint density at radius 1 is 1.50 bits per heavy atom. The lowest BCUT2D eigenvalue weighted by atomic mass is 10.00. The second-order valence-corrected chi connectivity index (χ2v) is 6.63. The van der Waals surface area contributed by atoms with E-state index in [4.69, 9.17) is 5.11 Å². The maximum atomic E-state index is 12.3. The normalized spacial score (nSPS) is 18.4. The van der Waals surface area contributed by atoms with Crippen LogP contribution >= 0.6 is 23.5 Å². The molecule has 0 aliphatic carbocycles. The highest BCUT2D eigenvalue weighted by atomic mass is 32.2. The van der Waals surface area contributed by atoms with E-state index in [-0.39, 0.29) is 11.8 Å². The molecule has 1 aromatic rings. The third-order valence-corrected chi connectivity index (χ3v) is 5.07. The highest BCUT2D eigenvalue weighted by molar-refractivity contribution is 7.99. The van der Waals surface area contributed by atoms with Crippen LogP contribution in [-0.2, 0) is 9.59 Å². The van der Waals surface area contributed by atoms with Crippen molar-refractivity contribution in [2.75, 3.05) is 17.8 Å². The summed E-state index contributed by atoms with van der Waals surface area (Å²) in [5, 5.41) is 11.8. The first-order valence-electron chi connectivity index (χ1n) is 6.37. The largest absolute Gasteiger partial charge is 0.480 e. The average molecular weight is 311 g/mol. The van der Waals surface area contributed by atoms with Crippen LogP contribution in [0.15, 0.2) is 29.2 Å². The number of carbonyl (C=O) groups excluding carboxylic acids is 1. The lowest BCUT2D eigenvalue weighted by molar-refractivity contribution is -0.142. The topological polar surface area (TPSA) is 66.4 Å². The Balaban J connectivity index is 2.03. The number of hydrogen-bond donors (Lipinski definition) is 2. The van der Waals surface area contributed by atoms with Crippen molar-refractivity contribution in [2.45, 2.75) is 23.3 Å². The fourth-order valence-corrected chi connectivity index (χ4v) is 3.85. The number of nitrogens with one attached hydrogen (secondary N) is 1. The van der Waals surface area contributed by atoms with Crippen LogP contribution in [0.4, 0.5) is 0 Å². The smallest absolute Gasteiger partial charge is 0.326 e. The summed E-state index contributed by atoms with van der Waals surface area (Å²) in [6, 6.07) is 7.00. The van der Waals surface area contributed by atoms with Crippen molar-refractivity contribution in [2.24, 2.45) is 0 Å². The van der Waals surface area contributed by atoms with E-state index in [0.29, 0.717) is 17.9 Å². The van der Waals surface area contributed by atoms with Crippen LogP contribution in [0.25, 0.3) is 0 Å². The Labute approximate surface area is 126 Å². The van der Waals surface area contributed by atoms with Crippen molar-refractivity contribution in [3.05, 3.63) is 29.8 Å². The number of carboxylic acids is 1. The van der Waals surface area contributed by atoms with Crippen molar-refractivity contribution in [3.63, 3.8) is 0 Å². The quantitative estimate of drug-likeness (QED) is 0.843. The van der Waals surface area contributed by atoms with Gasteiger partial charge in [0.1, 0.15) is 6.04 Å². The molecule has 20 heavy (non-hydrogen) atoms.